The lowest BCUT2D eigenvalue weighted by atomic mass is 9.93. The molecule has 3 heterocycles. The van der Waals surface area contributed by atoms with E-state index in [0.717, 1.165) is 37.2 Å². The third-order valence-electron chi connectivity index (χ3n) is 6.00. The van der Waals surface area contributed by atoms with Crippen molar-refractivity contribution in [3.63, 3.8) is 0 Å². The molecule has 2 amide bonds. The first-order valence-corrected chi connectivity index (χ1v) is 10.1. The molecule has 0 aromatic carbocycles. The second-order valence-corrected chi connectivity index (χ2v) is 8.25. The number of nitrogens with one attached hydrogen (secondary N) is 2. The van der Waals surface area contributed by atoms with Gasteiger partial charge in [-0.3, -0.25) is 9.89 Å². The van der Waals surface area contributed by atoms with Gasteiger partial charge in [0.1, 0.15) is 11.9 Å². The van der Waals surface area contributed by atoms with Crippen LogP contribution in [-0.4, -0.2) is 50.9 Å². The zero-order valence-corrected chi connectivity index (χ0v) is 17.0. The predicted octanol–water partition coefficient (Wildman–Crippen LogP) is 3.00. The smallest absolute Gasteiger partial charge is 0.410 e. The molecule has 1 saturated carbocycles. The standard InChI is InChI=1S/C20H27N5O4/c1-11-10-25(13(11)3)20(27)28-15-5-4-14(7-15)17-9-18(23-22-17)21-19(26)8-16-6-12(2)24-29-16/h6,9,11,13-15H,4-5,7-8,10H2,1-3H3,(H2,21,22,23,26)/t11-,13-,14-,15+/m0/s1. The Morgan fingerprint density at radius 1 is 1.34 bits per heavy atom. The highest BCUT2D eigenvalue weighted by atomic mass is 16.6. The van der Waals surface area contributed by atoms with Crippen molar-refractivity contribution in [1.82, 2.24) is 20.3 Å². The molecule has 2 aromatic rings. The molecular formula is C20H27N5O4. The van der Waals surface area contributed by atoms with Crippen LogP contribution in [-0.2, 0) is 16.0 Å². The van der Waals surface area contributed by atoms with Gasteiger partial charge in [-0.05, 0) is 39.0 Å². The van der Waals surface area contributed by atoms with Gasteiger partial charge in [0.05, 0.1) is 12.1 Å². The molecule has 1 saturated heterocycles. The number of aromatic nitrogens is 3. The molecule has 2 N–H and O–H groups in total. The van der Waals surface area contributed by atoms with Crippen LogP contribution in [0.3, 0.4) is 0 Å². The van der Waals surface area contributed by atoms with Crippen molar-refractivity contribution in [2.24, 2.45) is 5.92 Å². The molecule has 0 bridgehead atoms. The minimum atomic E-state index is -0.213. The quantitative estimate of drug-likeness (QED) is 0.796. The first-order chi connectivity index (χ1) is 13.9. The zero-order chi connectivity index (χ0) is 20.5. The summed E-state index contributed by atoms with van der Waals surface area (Å²) in [6, 6.07) is 3.83. The summed E-state index contributed by atoms with van der Waals surface area (Å²) in [5, 5.41) is 13.7. The van der Waals surface area contributed by atoms with Gasteiger partial charge in [0.2, 0.25) is 5.91 Å². The van der Waals surface area contributed by atoms with E-state index in [2.05, 4.69) is 34.5 Å². The summed E-state index contributed by atoms with van der Waals surface area (Å²) >= 11 is 0. The van der Waals surface area contributed by atoms with Crippen LogP contribution in [0.4, 0.5) is 10.6 Å². The van der Waals surface area contributed by atoms with Crippen LogP contribution in [0.1, 0.15) is 56.2 Å². The minimum absolute atomic E-state index is 0.0772. The Kier molecular flexibility index (Phi) is 5.29. The van der Waals surface area contributed by atoms with Crippen molar-refractivity contribution < 1.29 is 18.8 Å². The molecule has 1 aliphatic heterocycles. The molecular weight excluding hydrogens is 374 g/mol. The highest BCUT2D eigenvalue weighted by molar-refractivity contribution is 5.91. The van der Waals surface area contributed by atoms with E-state index in [9.17, 15) is 9.59 Å². The van der Waals surface area contributed by atoms with Gasteiger partial charge < -0.3 is 19.5 Å². The second-order valence-electron chi connectivity index (χ2n) is 8.25. The van der Waals surface area contributed by atoms with E-state index >= 15 is 0 Å². The van der Waals surface area contributed by atoms with E-state index in [-0.39, 0.29) is 36.5 Å². The number of aromatic amines is 1. The van der Waals surface area contributed by atoms with Crippen LogP contribution in [0.2, 0.25) is 0 Å². The monoisotopic (exact) mass is 401 g/mol. The fourth-order valence-electron chi connectivity index (χ4n) is 4.03. The topological polar surface area (TPSA) is 113 Å². The van der Waals surface area contributed by atoms with E-state index in [1.807, 2.05) is 13.0 Å². The summed E-state index contributed by atoms with van der Waals surface area (Å²) in [6.45, 7) is 6.77. The van der Waals surface area contributed by atoms with Crippen LogP contribution in [0.25, 0.3) is 0 Å². The third kappa shape index (κ3) is 4.28. The molecule has 156 valence electrons. The van der Waals surface area contributed by atoms with Gasteiger partial charge in [-0.2, -0.15) is 5.10 Å². The number of H-pyrrole nitrogens is 1. The Morgan fingerprint density at radius 2 is 2.17 bits per heavy atom. The number of rotatable bonds is 5. The summed E-state index contributed by atoms with van der Waals surface area (Å²) in [6.07, 6.45) is 2.33. The Hall–Kier alpha value is -2.84. The average Bonchev–Trinajstić information content (AvgIpc) is 3.41. The fourth-order valence-corrected chi connectivity index (χ4v) is 4.03. The summed E-state index contributed by atoms with van der Waals surface area (Å²) in [5.74, 6) is 1.55. The first-order valence-electron chi connectivity index (χ1n) is 10.1. The number of nitrogens with zero attached hydrogens (tertiary/aromatic N) is 3. The van der Waals surface area contributed by atoms with Crippen LogP contribution < -0.4 is 5.32 Å². The van der Waals surface area contributed by atoms with Crippen LogP contribution in [0, 0.1) is 12.8 Å². The van der Waals surface area contributed by atoms with Crippen LogP contribution in [0.5, 0.6) is 0 Å². The Balaban J connectivity index is 1.26. The molecule has 9 heteroatoms. The van der Waals surface area contributed by atoms with E-state index in [1.165, 1.54) is 0 Å². The summed E-state index contributed by atoms with van der Waals surface area (Å²) in [4.78, 5) is 26.2. The molecule has 2 aliphatic rings. The lowest BCUT2D eigenvalue weighted by molar-refractivity contribution is -0.115. The van der Waals surface area contributed by atoms with E-state index in [0.29, 0.717) is 17.5 Å². The summed E-state index contributed by atoms with van der Waals surface area (Å²) < 4.78 is 10.8. The number of amides is 2. The number of anilines is 1. The highest BCUT2D eigenvalue weighted by Crippen LogP contribution is 2.36. The van der Waals surface area contributed by atoms with Gasteiger partial charge in [0, 0.05) is 36.3 Å². The average molecular weight is 401 g/mol. The lowest BCUT2D eigenvalue weighted by Gasteiger charge is -2.44. The van der Waals surface area contributed by atoms with Crippen molar-refractivity contribution >= 4 is 17.8 Å². The molecule has 0 radical (unpaired) electrons. The van der Waals surface area contributed by atoms with Gasteiger partial charge in [-0.25, -0.2) is 4.79 Å². The van der Waals surface area contributed by atoms with Gasteiger partial charge in [0.15, 0.2) is 5.82 Å². The molecule has 29 heavy (non-hydrogen) atoms. The molecule has 0 unspecified atom stereocenters. The SMILES string of the molecule is Cc1cc(CC(=O)Nc2cc([C@H]3CC[C@@H](OC(=O)N4C[C@H](C)[C@@H]4C)C3)[nH]n2)on1. The number of aryl methyl sites for hydroxylation is 1. The van der Waals surface area contributed by atoms with Crippen molar-refractivity contribution in [1.29, 1.82) is 0 Å². The van der Waals surface area contributed by atoms with Crippen molar-refractivity contribution in [2.75, 3.05) is 11.9 Å². The number of hydrogen-bond acceptors (Lipinski definition) is 6. The minimum Gasteiger partial charge on any atom is -0.446 e. The maximum Gasteiger partial charge on any atom is 0.410 e. The lowest BCUT2D eigenvalue weighted by Crippen LogP contribution is -2.56. The molecule has 9 nitrogen and oxygen atoms in total. The predicted molar refractivity (Wildman–Crippen MR) is 104 cm³/mol. The van der Waals surface area contributed by atoms with Crippen LogP contribution >= 0.6 is 0 Å². The normalized spacial score (nSPS) is 26.2. The maximum atomic E-state index is 12.3. The number of carbonyl (C=O) groups excluding carboxylic acids is 2. The van der Waals surface area contributed by atoms with E-state index in [4.69, 9.17) is 9.26 Å². The van der Waals surface area contributed by atoms with Crippen molar-refractivity contribution in [3.8, 4) is 0 Å². The van der Waals surface area contributed by atoms with Crippen LogP contribution in [0.15, 0.2) is 16.7 Å². The maximum absolute atomic E-state index is 12.3. The molecule has 2 aromatic heterocycles. The third-order valence-corrected chi connectivity index (χ3v) is 6.00. The van der Waals surface area contributed by atoms with Gasteiger partial charge in [-0.1, -0.05) is 12.1 Å². The van der Waals surface area contributed by atoms with Crippen molar-refractivity contribution in [2.45, 2.75) is 64.5 Å². The number of likely N-dealkylation sites (tertiary alicyclic amines) is 1. The second kappa shape index (κ2) is 7.88. The number of carbonyl (C=O) groups is 2. The zero-order valence-electron chi connectivity index (χ0n) is 17.0. The van der Waals surface area contributed by atoms with Gasteiger partial charge >= 0.3 is 6.09 Å². The summed E-state index contributed by atoms with van der Waals surface area (Å²) in [5.41, 5.74) is 1.68. The Bertz CT molecular complexity index is 891. The van der Waals surface area contributed by atoms with Crippen molar-refractivity contribution in [3.05, 3.63) is 29.3 Å². The molecule has 4 atom stereocenters. The molecule has 0 spiro atoms. The molecule has 2 fully saturated rings. The Morgan fingerprint density at radius 3 is 2.86 bits per heavy atom. The molecule has 1 aliphatic carbocycles. The first kappa shape index (κ1) is 19.5. The van der Waals surface area contributed by atoms with Gasteiger partial charge in [-0.15, -0.1) is 0 Å². The fraction of sp³-hybridized carbons (Fsp3) is 0.600. The highest BCUT2D eigenvalue weighted by Gasteiger charge is 2.38. The van der Waals surface area contributed by atoms with Gasteiger partial charge in [0.25, 0.3) is 0 Å². The summed E-state index contributed by atoms with van der Waals surface area (Å²) in [7, 11) is 0. The molecule has 4 rings (SSSR count). The number of ether oxygens (including phenoxy) is 1. The largest absolute Gasteiger partial charge is 0.446 e. The van der Waals surface area contributed by atoms with E-state index in [1.54, 1.807) is 11.0 Å². The van der Waals surface area contributed by atoms with E-state index < -0.39 is 0 Å². The Labute approximate surface area is 169 Å². The number of hydrogen-bond donors (Lipinski definition) is 2.